The first-order valence-electron chi connectivity index (χ1n) is 5.08. The van der Waals surface area contributed by atoms with Crippen molar-refractivity contribution in [3.8, 4) is 11.8 Å². The standard InChI is InChI=1S/C13H10O2S2/c14-13(15)12-8-10-9(4-1-2-7-16)5-3-6-11(10)17-12/h3,5-6,8,16H,2,7H2,(H,14,15). The second-order valence-electron chi connectivity index (χ2n) is 3.41. The van der Waals surface area contributed by atoms with Crippen LogP contribution >= 0.6 is 24.0 Å². The molecule has 0 spiro atoms. The highest BCUT2D eigenvalue weighted by atomic mass is 32.1. The van der Waals surface area contributed by atoms with E-state index < -0.39 is 5.97 Å². The Morgan fingerprint density at radius 2 is 2.29 bits per heavy atom. The van der Waals surface area contributed by atoms with E-state index in [4.69, 9.17) is 5.11 Å². The number of fused-ring (bicyclic) bond motifs is 1. The van der Waals surface area contributed by atoms with Crippen molar-refractivity contribution in [2.75, 3.05) is 5.75 Å². The molecule has 0 radical (unpaired) electrons. The first-order chi connectivity index (χ1) is 8.22. The van der Waals surface area contributed by atoms with E-state index in [1.54, 1.807) is 6.07 Å². The maximum Gasteiger partial charge on any atom is 0.345 e. The average Bonchev–Trinajstić information content (AvgIpc) is 2.74. The fraction of sp³-hybridized carbons (Fsp3) is 0.154. The smallest absolute Gasteiger partial charge is 0.345 e. The second-order valence-corrected chi connectivity index (χ2v) is 4.94. The third-order valence-electron chi connectivity index (χ3n) is 2.23. The van der Waals surface area contributed by atoms with Gasteiger partial charge < -0.3 is 5.11 Å². The number of aromatic carboxylic acids is 1. The molecule has 86 valence electrons. The van der Waals surface area contributed by atoms with E-state index in [0.29, 0.717) is 4.88 Å². The molecule has 0 fully saturated rings. The molecule has 0 unspecified atom stereocenters. The molecule has 2 aromatic rings. The van der Waals surface area contributed by atoms with Crippen LogP contribution in [0.2, 0.25) is 0 Å². The van der Waals surface area contributed by atoms with Gasteiger partial charge in [-0.3, -0.25) is 0 Å². The molecule has 0 bridgehead atoms. The molecule has 0 amide bonds. The number of rotatable bonds is 2. The van der Waals surface area contributed by atoms with Crippen LogP contribution in [0.1, 0.15) is 21.7 Å². The largest absolute Gasteiger partial charge is 0.477 e. The number of hydrogen-bond acceptors (Lipinski definition) is 3. The van der Waals surface area contributed by atoms with Crippen molar-refractivity contribution >= 4 is 40.0 Å². The lowest BCUT2D eigenvalue weighted by Crippen LogP contribution is -1.89. The van der Waals surface area contributed by atoms with Crippen LogP contribution in [-0.2, 0) is 0 Å². The van der Waals surface area contributed by atoms with Crippen molar-refractivity contribution in [2.45, 2.75) is 6.42 Å². The lowest BCUT2D eigenvalue weighted by atomic mass is 10.1. The number of benzene rings is 1. The molecule has 0 aliphatic rings. The topological polar surface area (TPSA) is 37.3 Å². The second kappa shape index (κ2) is 5.26. The summed E-state index contributed by atoms with van der Waals surface area (Å²) in [7, 11) is 0. The highest BCUT2D eigenvalue weighted by Crippen LogP contribution is 2.28. The van der Waals surface area contributed by atoms with Gasteiger partial charge in [0.2, 0.25) is 0 Å². The van der Waals surface area contributed by atoms with Gasteiger partial charge in [0.1, 0.15) is 4.88 Å². The molecule has 0 saturated carbocycles. The van der Waals surface area contributed by atoms with E-state index in [-0.39, 0.29) is 0 Å². The zero-order valence-electron chi connectivity index (χ0n) is 8.93. The molecule has 1 N–H and O–H groups in total. The third kappa shape index (κ3) is 2.63. The normalized spacial score (nSPS) is 9.94. The minimum absolute atomic E-state index is 0.350. The quantitative estimate of drug-likeness (QED) is 0.644. The molecule has 17 heavy (non-hydrogen) atoms. The molecular formula is C13H10O2S2. The van der Waals surface area contributed by atoms with Gasteiger partial charge in [0.05, 0.1) is 0 Å². The van der Waals surface area contributed by atoms with Crippen LogP contribution < -0.4 is 0 Å². The summed E-state index contributed by atoms with van der Waals surface area (Å²) in [6.45, 7) is 0. The number of hydrogen-bond donors (Lipinski definition) is 2. The van der Waals surface area contributed by atoms with Gasteiger partial charge in [-0.1, -0.05) is 17.9 Å². The van der Waals surface area contributed by atoms with E-state index >= 15 is 0 Å². The summed E-state index contributed by atoms with van der Waals surface area (Å²) >= 11 is 5.37. The highest BCUT2D eigenvalue weighted by molar-refractivity contribution is 7.80. The number of carboxylic acid groups (broad SMARTS) is 1. The van der Waals surface area contributed by atoms with Gasteiger partial charge in [0, 0.05) is 27.8 Å². The van der Waals surface area contributed by atoms with Crippen LogP contribution in [0.5, 0.6) is 0 Å². The molecule has 1 aromatic heterocycles. The molecule has 2 rings (SSSR count). The molecule has 0 aliphatic carbocycles. The monoisotopic (exact) mass is 262 g/mol. The van der Waals surface area contributed by atoms with E-state index in [9.17, 15) is 4.79 Å². The Morgan fingerprint density at radius 1 is 1.47 bits per heavy atom. The molecule has 1 aromatic carbocycles. The molecule has 1 heterocycles. The number of thiophene rings is 1. The van der Waals surface area contributed by atoms with Crippen LogP contribution in [0.15, 0.2) is 24.3 Å². The fourth-order valence-corrected chi connectivity index (χ4v) is 2.53. The molecule has 0 saturated heterocycles. The lowest BCUT2D eigenvalue weighted by molar-refractivity contribution is 0.0702. The molecular weight excluding hydrogens is 252 g/mol. The predicted molar refractivity (Wildman–Crippen MR) is 74.1 cm³/mol. The molecule has 2 nitrogen and oxygen atoms in total. The fourth-order valence-electron chi connectivity index (χ4n) is 1.49. The Balaban J connectivity index is 2.50. The van der Waals surface area contributed by atoms with Crippen LogP contribution in [-0.4, -0.2) is 16.8 Å². The SMILES string of the molecule is O=C(O)c1cc2c(C#CCCS)cccc2s1. The summed E-state index contributed by atoms with van der Waals surface area (Å²) in [5, 5.41) is 9.87. The Labute approximate surface area is 109 Å². The van der Waals surface area contributed by atoms with Crippen molar-refractivity contribution in [3.05, 3.63) is 34.7 Å². The van der Waals surface area contributed by atoms with Gasteiger partial charge in [-0.05, 0) is 18.2 Å². The zero-order chi connectivity index (χ0) is 12.3. The maximum atomic E-state index is 10.9. The van der Waals surface area contributed by atoms with E-state index in [1.165, 1.54) is 11.3 Å². The van der Waals surface area contributed by atoms with Gasteiger partial charge in [-0.15, -0.1) is 11.3 Å². The summed E-state index contributed by atoms with van der Waals surface area (Å²) in [6.07, 6.45) is 0.732. The first kappa shape index (κ1) is 12.0. The summed E-state index contributed by atoms with van der Waals surface area (Å²) < 4.78 is 0.958. The van der Waals surface area contributed by atoms with Crippen LogP contribution in [0.4, 0.5) is 0 Å². The summed E-state index contributed by atoms with van der Waals surface area (Å²) in [5.41, 5.74) is 0.882. The van der Waals surface area contributed by atoms with Crippen LogP contribution in [0.25, 0.3) is 10.1 Å². The molecule has 4 heteroatoms. The van der Waals surface area contributed by atoms with Crippen LogP contribution in [0, 0.1) is 11.8 Å². The van der Waals surface area contributed by atoms with Gasteiger partial charge in [0.25, 0.3) is 0 Å². The van der Waals surface area contributed by atoms with Gasteiger partial charge >= 0.3 is 5.97 Å². The van der Waals surface area contributed by atoms with Gasteiger partial charge in [-0.2, -0.15) is 12.6 Å². The van der Waals surface area contributed by atoms with Crippen molar-refractivity contribution in [1.29, 1.82) is 0 Å². The maximum absolute atomic E-state index is 10.9. The van der Waals surface area contributed by atoms with Crippen LogP contribution in [0.3, 0.4) is 0 Å². The molecule has 0 aliphatic heterocycles. The minimum atomic E-state index is -0.888. The number of carbonyl (C=O) groups is 1. The van der Waals surface area contributed by atoms with E-state index in [1.807, 2.05) is 18.2 Å². The number of carboxylic acids is 1. The predicted octanol–water partition coefficient (Wildman–Crippen LogP) is 3.27. The third-order valence-corrected chi connectivity index (χ3v) is 3.54. The summed E-state index contributed by atoms with van der Waals surface area (Å²) in [5.74, 6) is 5.91. The van der Waals surface area contributed by atoms with Crippen molar-refractivity contribution in [2.24, 2.45) is 0 Å². The first-order valence-corrected chi connectivity index (χ1v) is 6.53. The Kier molecular flexibility index (Phi) is 3.72. The summed E-state index contributed by atoms with van der Waals surface area (Å²) in [4.78, 5) is 11.3. The number of thiol groups is 1. The lowest BCUT2D eigenvalue weighted by Gasteiger charge is -1.92. The van der Waals surface area contributed by atoms with Crippen molar-refractivity contribution in [3.63, 3.8) is 0 Å². The van der Waals surface area contributed by atoms with E-state index in [2.05, 4.69) is 24.5 Å². The van der Waals surface area contributed by atoms with Crippen molar-refractivity contribution < 1.29 is 9.90 Å². The Morgan fingerprint density at radius 3 is 3.00 bits per heavy atom. The average molecular weight is 262 g/mol. The zero-order valence-corrected chi connectivity index (χ0v) is 10.6. The highest BCUT2D eigenvalue weighted by Gasteiger charge is 2.09. The Bertz CT molecular complexity index is 617. The van der Waals surface area contributed by atoms with E-state index in [0.717, 1.165) is 27.8 Å². The molecule has 0 atom stereocenters. The minimum Gasteiger partial charge on any atom is -0.477 e. The van der Waals surface area contributed by atoms with Crippen molar-refractivity contribution in [1.82, 2.24) is 0 Å². The van der Waals surface area contributed by atoms with Gasteiger partial charge in [-0.25, -0.2) is 4.79 Å². The summed E-state index contributed by atoms with van der Waals surface area (Å²) in [6, 6.07) is 7.41. The Hall–Kier alpha value is -1.44. The van der Waals surface area contributed by atoms with Gasteiger partial charge in [0.15, 0.2) is 0 Å².